The van der Waals surface area contributed by atoms with Gasteiger partial charge in [0.15, 0.2) is 0 Å². The minimum Gasteiger partial charge on any atom is -0.467 e. The molecule has 0 bridgehead atoms. The first-order chi connectivity index (χ1) is 12.4. The smallest absolute Gasteiger partial charge is 0.215 e. The Balaban J connectivity index is 1.80. The average molecular weight is 394 g/mol. The van der Waals surface area contributed by atoms with E-state index in [0.717, 1.165) is 11.4 Å². The van der Waals surface area contributed by atoms with Crippen LogP contribution in [0.15, 0.2) is 53.1 Å². The second-order valence-corrected chi connectivity index (χ2v) is 8.32. The van der Waals surface area contributed by atoms with Crippen LogP contribution in [0.1, 0.15) is 28.8 Å². The van der Waals surface area contributed by atoms with Crippen LogP contribution < -0.4 is 4.72 Å². The molecule has 1 unspecified atom stereocenters. The van der Waals surface area contributed by atoms with Crippen molar-refractivity contribution in [2.24, 2.45) is 0 Å². The summed E-state index contributed by atoms with van der Waals surface area (Å²) in [5.74, 6) is 0.450. The van der Waals surface area contributed by atoms with Gasteiger partial charge < -0.3 is 4.42 Å². The standard InChI is InChI=1S/C18H20ClN3O3S/c1-13-10-14(2)22(21-13)17(18-8-5-9-25-18)11-20-26(23,24)12-15-6-3-4-7-16(15)19/h3-10,17,20H,11-12H2,1-2H3. The molecule has 0 saturated carbocycles. The van der Waals surface area contributed by atoms with E-state index in [1.165, 1.54) is 0 Å². The average Bonchev–Trinajstić information content (AvgIpc) is 3.20. The van der Waals surface area contributed by atoms with Gasteiger partial charge in [-0.1, -0.05) is 29.8 Å². The van der Waals surface area contributed by atoms with Crippen molar-refractivity contribution in [1.82, 2.24) is 14.5 Å². The Morgan fingerprint density at radius 1 is 1.23 bits per heavy atom. The van der Waals surface area contributed by atoms with Crippen LogP contribution in [0.5, 0.6) is 0 Å². The maximum atomic E-state index is 12.5. The van der Waals surface area contributed by atoms with E-state index in [9.17, 15) is 8.42 Å². The van der Waals surface area contributed by atoms with Crippen molar-refractivity contribution < 1.29 is 12.8 Å². The lowest BCUT2D eigenvalue weighted by molar-refractivity contribution is 0.396. The van der Waals surface area contributed by atoms with Crippen LogP contribution >= 0.6 is 11.6 Å². The molecule has 26 heavy (non-hydrogen) atoms. The Bertz CT molecular complexity index is 981. The van der Waals surface area contributed by atoms with Gasteiger partial charge in [0.2, 0.25) is 10.0 Å². The van der Waals surface area contributed by atoms with Gasteiger partial charge in [-0.15, -0.1) is 0 Å². The van der Waals surface area contributed by atoms with Gasteiger partial charge in [-0.3, -0.25) is 4.68 Å². The third-order valence-corrected chi connectivity index (χ3v) is 5.68. The summed E-state index contributed by atoms with van der Waals surface area (Å²) in [5, 5.41) is 4.90. The third kappa shape index (κ3) is 4.35. The molecule has 3 rings (SSSR count). The van der Waals surface area contributed by atoms with Crippen molar-refractivity contribution >= 4 is 21.6 Å². The first-order valence-corrected chi connectivity index (χ1v) is 10.2. The molecular formula is C18H20ClN3O3S. The van der Waals surface area contributed by atoms with Gasteiger partial charge in [-0.05, 0) is 43.7 Å². The summed E-state index contributed by atoms with van der Waals surface area (Å²) in [4.78, 5) is 0. The van der Waals surface area contributed by atoms with Crippen LogP contribution in [0, 0.1) is 13.8 Å². The molecule has 2 aromatic heterocycles. The fourth-order valence-electron chi connectivity index (χ4n) is 2.83. The highest BCUT2D eigenvalue weighted by Gasteiger charge is 2.23. The van der Waals surface area contributed by atoms with Crippen molar-refractivity contribution in [3.8, 4) is 0 Å². The van der Waals surface area contributed by atoms with Gasteiger partial charge in [-0.2, -0.15) is 5.10 Å². The van der Waals surface area contributed by atoms with Crippen molar-refractivity contribution in [1.29, 1.82) is 0 Å². The molecule has 2 heterocycles. The lowest BCUT2D eigenvalue weighted by atomic mass is 10.2. The monoisotopic (exact) mass is 393 g/mol. The number of rotatable bonds is 7. The van der Waals surface area contributed by atoms with E-state index in [-0.39, 0.29) is 18.3 Å². The minimum atomic E-state index is -3.57. The van der Waals surface area contributed by atoms with Gasteiger partial charge in [0.25, 0.3) is 0 Å². The summed E-state index contributed by atoms with van der Waals surface area (Å²) in [7, 11) is -3.57. The second-order valence-electron chi connectivity index (χ2n) is 6.10. The summed E-state index contributed by atoms with van der Waals surface area (Å²) in [6.07, 6.45) is 1.56. The molecule has 0 aliphatic carbocycles. The molecule has 8 heteroatoms. The van der Waals surface area contributed by atoms with Crippen LogP contribution in [-0.2, 0) is 15.8 Å². The zero-order chi connectivity index (χ0) is 18.7. The molecule has 138 valence electrons. The molecule has 0 fully saturated rings. The van der Waals surface area contributed by atoms with Gasteiger partial charge in [-0.25, -0.2) is 13.1 Å². The van der Waals surface area contributed by atoms with E-state index in [0.29, 0.717) is 16.3 Å². The minimum absolute atomic E-state index is 0.127. The van der Waals surface area contributed by atoms with E-state index >= 15 is 0 Å². The Morgan fingerprint density at radius 3 is 2.62 bits per heavy atom. The molecule has 3 aromatic rings. The molecule has 1 N–H and O–H groups in total. The number of aryl methyl sites for hydroxylation is 2. The lowest BCUT2D eigenvalue weighted by Crippen LogP contribution is -2.33. The number of aromatic nitrogens is 2. The molecule has 6 nitrogen and oxygen atoms in total. The van der Waals surface area contributed by atoms with E-state index in [2.05, 4.69) is 9.82 Å². The largest absolute Gasteiger partial charge is 0.467 e. The fourth-order valence-corrected chi connectivity index (χ4v) is 4.28. The number of hydrogen-bond acceptors (Lipinski definition) is 4. The van der Waals surface area contributed by atoms with E-state index in [1.807, 2.05) is 26.0 Å². The number of halogens is 1. The van der Waals surface area contributed by atoms with Crippen molar-refractivity contribution in [2.45, 2.75) is 25.6 Å². The van der Waals surface area contributed by atoms with Gasteiger partial charge >= 0.3 is 0 Å². The zero-order valence-corrected chi connectivity index (χ0v) is 16.1. The lowest BCUT2D eigenvalue weighted by Gasteiger charge is -2.18. The summed E-state index contributed by atoms with van der Waals surface area (Å²) < 4.78 is 35.0. The first kappa shape index (κ1) is 18.7. The third-order valence-electron chi connectivity index (χ3n) is 4.01. The van der Waals surface area contributed by atoms with Crippen LogP contribution in [0.25, 0.3) is 0 Å². The predicted octanol–water partition coefficient (Wildman–Crippen LogP) is 3.46. The van der Waals surface area contributed by atoms with Crippen LogP contribution in [0.4, 0.5) is 0 Å². The Kier molecular flexibility index (Phi) is 5.50. The Morgan fingerprint density at radius 2 is 2.00 bits per heavy atom. The fraction of sp³-hybridized carbons (Fsp3) is 0.278. The number of benzene rings is 1. The normalized spacial score (nSPS) is 13.0. The second kappa shape index (κ2) is 7.65. The van der Waals surface area contributed by atoms with Crippen LogP contribution in [0.3, 0.4) is 0 Å². The van der Waals surface area contributed by atoms with E-state index in [1.54, 1.807) is 41.3 Å². The summed E-state index contributed by atoms with van der Waals surface area (Å²) in [5.41, 5.74) is 2.34. The molecule has 0 aliphatic rings. The van der Waals surface area contributed by atoms with E-state index in [4.69, 9.17) is 16.0 Å². The quantitative estimate of drug-likeness (QED) is 0.666. The summed E-state index contributed by atoms with van der Waals surface area (Å²) in [6, 6.07) is 12.0. The number of sulfonamides is 1. The highest BCUT2D eigenvalue weighted by molar-refractivity contribution is 7.88. The van der Waals surface area contributed by atoms with Crippen molar-refractivity contribution in [3.05, 3.63) is 76.5 Å². The molecule has 0 spiro atoms. The topological polar surface area (TPSA) is 77.1 Å². The van der Waals surface area contributed by atoms with E-state index < -0.39 is 10.0 Å². The number of nitrogens with one attached hydrogen (secondary N) is 1. The molecule has 1 atom stereocenters. The number of furan rings is 1. The van der Waals surface area contributed by atoms with Crippen molar-refractivity contribution in [2.75, 3.05) is 6.54 Å². The maximum absolute atomic E-state index is 12.5. The van der Waals surface area contributed by atoms with Gasteiger partial charge in [0.1, 0.15) is 11.8 Å². The predicted molar refractivity (Wildman–Crippen MR) is 101 cm³/mol. The summed E-state index contributed by atoms with van der Waals surface area (Å²) >= 11 is 6.07. The molecule has 1 aromatic carbocycles. The molecule has 0 radical (unpaired) electrons. The van der Waals surface area contributed by atoms with Crippen LogP contribution in [0.2, 0.25) is 5.02 Å². The number of hydrogen-bond donors (Lipinski definition) is 1. The zero-order valence-electron chi connectivity index (χ0n) is 14.5. The first-order valence-electron chi connectivity index (χ1n) is 8.12. The molecule has 0 amide bonds. The highest BCUT2D eigenvalue weighted by atomic mass is 35.5. The maximum Gasteiger partial charge on any atom is 0.215 e. The summed E-state index contributed by atoms with van der Waals surface area (Å²) in [6.45, 7) is 3.95. The highest BCUT2D eigenvalue weighted by Crippen LogP contribution is 2.21. The molecular weight excluding hydrogens is 374 g/mol. The van der Waals surface area contributed by atoms with Gasteiger partial charge in [0, 0.05) is 17.3 Å². The Hall–Kier alpha value is -2.09. The molecule has 0 aliphatic heterocycles. The Labute approximate surface area is 157 Å². The van der Waals surface area contributed by atoms with Crippen molar-refractivity contribution in [3.63, 3.8) is 0 Å². The SMILES string of the molecule is Cc1cc(C)n(C(CNS(=O)(=O)Cc2ccccc2Cl)c2ccco2)n1. The van der Waals surface area contributed by atoms with Gasteiger partial charge in [0.05, 0.1) is 17.7 Å². The van der Waals surface area contributed by atoms with Crippen LogP contribution in [-0.4, -0.2) is 24.7 Å². The molecule has 0 saturated heterocycles. The number of nitrogens with zero attached hydrogens (tertiary/aromatic N) is 2.